The molecule has 0 bridgehead atoms. The van der Waals surface area contributed by atoms with Gasteiger partial charge in [-0.1, -0.05) is 32.9 Å². The molecule has 1 aromatic carbocycles. The summed E-state index contributed by atoms with van der Waals surface area (Å²) in [6.07, 6.45) is 5.04. The maximum absolute atomic E-state index is 9.77. The zero-order chi connectivity index (χ0) is 15.5. The minimum Gasteiger partial charge on any atom is -0.394 e. The molecule has 2 N–H and O–H groups in total. The number of aliphatic hydroxyl groups is 1. The van der Waals surface area contributed by atoms with Gasteiger partial charge >= 0.3 is 0 Å². The Morgan fingerprint density at radius 3 is 2.38 bits per heavy atom. The first-order chi connectivity index (χ1) is 9.90. The zero-order valence-corrected chi connectivity index (χ0v) is 14.0. The molecule has 0 aromatic heterocycles. The topological polar surface area (TPSA) is 32.3 Å². The summed E-state index contributed by atoms with van der Waals surface area (Å²) in [7, 11) is 0. The Bertz CT molecular complexity index is 441. The SMILES string of the molecule is Cc1cccc(NC(CO)C2CCC(C(C)(C)C)CC2)c1. The number of rotatable bonds is 4. The third-order valence-corrected chi connectivity index (χ3v) is 5.13. The van der Waals surface area contributed by atoms with Crippen LogP contribution in [0.1, 0.15) is 52.0 Å². The highest BCUT2D eigenvalue weighted by molar-refractivity contribution is 5.46. The molecule has 1 fully saturated rings. The van der Waals surface area contributed by atoms with E-state index in [4.69, 9.17) is 0 Å². The molecule has 2 rings (SSSR count). The number of anilines is 1. The first-order valence-electron chi connectivity index (χ1n) is 8.34. The zero-order valence-electron chi connectivity index (χ0n) is 14.0. The lowest BCUT2D eigenvalue weighted by atomic mass is 9.68. The lowest BCUT2D eigenvalue weighted by Gasteiger charge is -2.39. The summed E-state index contributed by atoms with van der Waals surface area (Å²) in [4.78, 5) is 0. The molecule has 1 aromatic rings. The highest BCUT2D eigenvalue weighted by Gasteiger charge is 2.32. The summed E-state index contributed by atoms with van der Waals surface area (Å²) in [5.41, 5.74) is 2.81. The van der Waals surface area contributed by atoms with Crippen LogP contribution in [-0.2, 0) is 0 Å². The van der Waals surface area contributed by atoms with Gasteiger partial charge in [-0.05, 0) is 67.6 Å². The van der Waals surface area contributed by atoms with Gasteiger partial charge in [0.2, 0.25) is 0 Å². The predicted molar refractivity (Wildman–Crippen MR) is 90.6 cm³/mol. The Morgan fingerprint density at radius 2 is 1.86 bits per heavy atom. The molecule has 0 heterocycles. The van der Waals surface area contributed by atoms with Crippen molar-refractivity contribution >= 4 is 5.69 Å². The average Bonchev–Trinajstić information content (AvgIpc) is 2.44. The van der Waals surface area contributed by atoms with Crippen molar-refractivity contribution in [3.63, 3.8) is 0 Å². The van der Waals surface area contributed by atoms with E-state index in [1.54, 1.807) is 0 Å². The molecule has 0 amide bonds. The van der Waals surface area contributed by atoms with E-state index in [-0.39, 0.29) is 12.6 Å². The van der Waals surface area contributed by atoms with Crippen LogP contribution >= 0.6 is 0 Å². The summed E-state index contributed by atoms with van der Waals surface area (Å²) in [6, 6.07) is 8.61. The molecule has 1 saturated carbocycles. The van der Waals surface area contributed by atoms with Crippen LogP contribution in [0.5, 0.6) is 0 Å². The van der Waals surface area contributed by atoms with Gasteiger partial charge in [0.15, 0.2) is 0 Å². The molecular weight excluding hydrogens is 258 g/mol. The molecule has 1 aliphatic carbocycles. The van der Waals surface area contributed by atoms with Crippen LogP contribution in [0, 0.1) is 24.2 Å². The van der Waals surface area contributed by atoms with Crippen LogP contribution in [0.3, 0.4) is 0 Å². The van der Waals surface area contributed by atoms with Crippen LogP contribution in [0.15, 0.2) is 24.3 Å². The molecule has 21 heavy (non-hydrogen) atoms. The van der Waals surface area contributed by atoms with Crippen molar-refractivity contribution in [3.05, 3.63) is 29.8 Å². The van der Waals surface area contributed by atoms with Gasteiger partial charge in [-0.3, -0.25) is 0 Å². The minimum atomic E-state index is 0.188. The molecule has 0 aliphatic heterocycles. The van der Waals surface area contributed by atoms with E-state index in [0.29, 0.717) is 11.3 Å². The molecule has 0 spiro atoms. The van der Waals surface area contributed by atoms with Crippen LogP contribution in [-0.4, -0.2) is 17.8 Å². The number of hydrogen-bond donors (Lipinski definition) is 2. The second-order valence-corrected chi connectivity index (χ2v) is 7.78. The Hall–Kier alpha value is -1.02. The molecule has 118 valence electrons. The van der Waals surface area contributed by atoms with E-state index in [2.05, 4.69) is 57.3 Å². The van der Waals surface area contributed by atoms with E-state index in [1.807, 2.05) is 0 Å². The summed E-state index contributed by atoms with van der Waals surface area (Å²) < 4.78 is 0. The van der Waals surface area contributed by atoms with Gasteiger partial charge in [-0.25, -0.2) is 0 Å². The second-order valence-electron chi connectivity index (χ2n) is 7.78. The van der Waals surface area contributed by atoms with E-state index in [0.717, 1.165) is 11.6 Å². The fourth-order valence-corrected chi connectivity index (χ4v) is 3.65. The fourth-order valence-electron chi connectivity index (χ4n) is 3.65. The summed E-state index contributed by atoms with van der Waals surface area (Å²) in [6.45, 7) is 9.39. The van der Waals surface area contributed by atoms with Crippen molar-refractivity contribution in [2.45, 2.75) is 59.4 Å². The minimum absolute atomic E-state index is 0.188. The average molecular weight is 289 g/mol. The number of aliphatic hydroxyl groups excluding tert-OH is 1. The van der Waals surface area contributed by atoms with Crippen molar-refractivity contribution in [1.82, 2.24) is 0 Å². The van der Waals surface area contributed by atoms with Crippen molar-refractivity contribution in [3.8, 4) is 0 Å². The Balaban J connectivity index is 1.94. The largest absolute Gasteiger partial charge is 0.394 e. The van der Waals surface area contributed by atoms with Gasteiger partial charge < -0.3 is 10.4 Å². The maximum Gasteiger partial charge on any atom is 0.0635 e. The van der Waals surface area contributed by atoms with E-state index < -0.39 is 0 Å². The summed E-state index contributed by atoms with van der Waals surface area (Å²) in [5.74, 6) is 1.42. The summed E-state index contributed by atoms with van der Waals surface area (Å²) in [5, 5.41) is 13.3. The highest BCUT2D eigenvalue weighted by Crippen LogP contribution is 2.41. The first kappa shape index (κ1) is 16.4. The monoisotopic (exact) mass is 289 g/mol. The number of aryl methyl sites for hydroxylation is 1. The summed E-state index contributed by atoms with van der Waals surface area (Å²) >= 11 is 0. The van der Waals surface area contributed by atoms with Crippen molar-refractivity contribution in [2.24, 2.45) is 17.3 Å². The van der Waals surface area contributed by atoms with Gasteiger partial charge in [0.1, 0.15) is 0 Å². The van der Waals surface area contributed by atoms with Crippen LogP contribution < -0.4 is 5.32 Å². The normalized spacial score (nSPS) is 24.6. The van der Waals surface area contributed by atoms with E-state index in [9.17, 15) is 5.11 Å². The predicted octanol–water partition coefficient (Wildman–Crippen LogP) is 4.62. The fraction of sp³-hybridized carbons (Fsp3) is 0.684. The maximum atomic E-state index is 9.77. The Kier molecular flexibility index (Phi) is 5.32. The molecule has 1 atom stereocenters. The molecular formula is C19H31NO. The molecule has 1 aliphatic rings. The lowest BCUT2D eigenvalue weighted by Crippen LogP contribution is -2.37. The van der Waals surface area contributed by atoms with E-state index >= 15 is 0 Å². The highest BCUT2D eigenvalue weighted by atomic mass is 16.3. The third-order valence-electron chi connectivity index (χ3n) is 5.13. The third kappa shape index (κ3) is 4.47. The van der Waals surface area contributed by atoms with Gasteiger partial charge in [0.25, 0.3) is 0 Å². The molecule has 2 nitrogen and oxygen atoms in total. The Labute approximate surface area is 130 Å². The smallest absolute Gasteiger partial charge is 0.0635 e. The lowest BCUT2D eigenvalue weighted by molar-refractivity contribution is 0.127. The number of benzene rings is 1. The molecule has 1 unspecified atom stereocenters. The second kappa shape index (κ2) is 6.83. The van der Waals surface area contributed by atoms with Gasteiger partial charge in [0.05, 0.1) is 12.6 Å². The molecule has 2 heteroatoms. The van der Waals surface area contributed by atoms with Gasteiger partial charge in [-0.15, -0.1) is 0 Å². The molecule has 0 radical (unpaired) electrons. The first-order valence-corrected chi connectivity index (χ1v) is 8.34. The van der Waals surface area contributed by atoms with Crippen molar-refractivity contribution < 1.29 is 5.11 Å². The van der Waals surface area contributed by atoms with Crippen LogP contribution in [0.25, 0.3) is 0 Å². The Morgan fingerprint density at radius 1 is 1.19 bits per heavy atom. The van der Waals surface area contributed by atoms with Crippen LogP contribution in [0.4, 0.5) is 5.69 Å². The van der Waals surface area contributed by atoms with Crippen molar-refractivity contribution in [1.29, 1.82) is 0 Å². The number of hydrogen-bond acceptors (Lipinski definition) is 2. The van der Waals surface area contributed by atoms with E-state index in [1.165, 1.54) is 31.2 Å². The standard InChI is InChI=1S/C19H31NO/c1-14-6-5-7-17(12-14)20-18(13-21)15-8-10-16(11-9-15)19(2,3)4/h5-7,12,15-16,18,20-21H,8-11,13H2,1-4H3. The van der Waals surface area contributed by atoms with Crippen molar-refractivity contribution in [2.75, 3.05) is 11.9 Å². The van der Waals surface area contributed by atoms with Gasteiger partial charge in [0, 0.05) is 5.69 Å². The van der Waals surface area contributed by atoms with Crippen LogP contribution in [0.2, 0.25) is 0 Å². The molecule has 0 saturated heterocycles. The van der Waals surface area contributed by atoms with Gasteiger partial charge in [-0.2, -0.15) is 0 Å². The quantitative estimate of drug-likeness (QED) is 0.847. The number of nitrogens with one attached hydrogen (secondary N) is 1.